The third-order valence-corrected chi connectivity index (χ3v) is 7.67. The molecule has 6 heteroatoms. The summed E-state index contributed by atoms with van der Waals surface area (Å²) in [6.07, 6.45) is 4.85. The van der Waals surface area contributed by atoms with Crippen LogP contribution >= 0.6 is 0 Å². The third kappa shape index (κ3) is 3.65. The van der Waals surface area contributed by atoms with E-state index >= 15 is 0 Å². The van der Waals surface area contributed by atoms with E-state index in [9.17, 15) is 9.59 Å². The molecule has 3 saturated heterocycles. The van der Waals surface area contributed by atoms with Crippen molar-refractivity contribution < 1.29 is 14.3 Å². The second-order valence-electron chi connectivity index (χ2n) is 9.31. The number of fused-ring (bicyclic) bond motifs is 1. The first-order chi connectivity index (χ1) is 14.5. The Hall–Kier alpha value is -1.92. The number of ether oxygens (including phenoxy) is 1. The van der Waals surface area contributed by atoms with Gasteiger partial charge in [0, 0.05) is 57.4 Å². The summed E-state index contributed by atoms with van der Waals surface area (Å²) in [7, 11) is 1.72. The molecule has 1 unspecified atom stereocenters. The number of piperidine rings is 1. The maximum atomic E-state index is 13.1. The molecular formula is C24H35N3O3. The smallest absolute Gasteiger partial charge is 0.253 e. The number of carbonyl (C=O) groups excluding carboxylic acids is 2. The van der Waals surface area contributed by atoms with Crippen molar-refractivity contribution >= 4 is 11.8 Å². The fourth-order valence-electron chi connectivity index (χ4n) is 5.95. The van der Waals surface area contributed by atoms with Crippen molar-refractivity contribution in [2.45, 2.75) is 39.0 Å². The zero-order chi connectivity index (χ0) is 21.2. The Morgan fingerprint density at radius 3 is 2.47 bits per heavy atom. The largest absolute Gasteiger partial charge is 0.383 e. The van der Waals surface area contributed by atoms with Gasteiger partial charge in [-0.2, -0.15) is 0 Å². The maximum absolute atomic E-state index is 13.1. The standard InChI is InChI=1S/C24H35N3O3/c1-3-4-19-5-7-20(8-6-19)21(28)27-13-10-23(11-14-27)17-26(15-16-30-2)18-24(23)9-12-25-22(24)29/h5-8H,3-4,9-18H2,1-2H3,(H,25,29). The summed E-state index contributed by atoms with van der Waals surface area (Å²) < 4.78 is 5.28. The van der Waals surface area contributed by atoms with Crippen LogP contribution < -0.4 is 5.32 Å². The molecular weight excluding hydrogens is 378 g/mol. The Kier molecular flexibility index (Phi) is 6.16. The quantitative estimate of drug-likeness (QED) is 0.778. The number of nitrogens with one attached hydrogen (secondary N) is 1. The molecule has 3 fully saturated rings. The Morgan fingerprint density at radius 1 is 1.13 bits per heavy atom. The van der Waals surface area contributed by atoms with Crippen LogP contribution in [0.2, 0.25) is 0 Å². The predicted molar refractivity (Wildman–Crippen MR) is 116 cm³/mol. The van der Waals surface area contributed by atoms with Crippen molar-refractivity contribution in [1.29, 1.82) is 0 Å². The maximum Gasteiger partial charge on any atom is 0.253 e. The predicted octanol–water partition coefficient (Wildman–Crippen LogP) is 2.33. The summed E-state index contributed by atoms with van der Waals surface area (Å²) in [4.78, 5) is 30.4. The van der Waals surface area contributed by atoms with Crippen LogP contribution in [0, 0.1) is 10.8 Å². The first-order valence-corrected chi connectivity index (χ1v) is 11.4. The molecule has 164 valence electrons. The molecule has 0 aliphatic carbocycles. The van der Waals surface area contributed by atoms with E-state index in [4.69, 9.17) is 4.74 Å². The Labute approximate surface area is 179 Å². The van der Waals surface area contributed by atoms with Crippen LogP contribution in [0.3, 0.4) is 0 Å². The minimum Gasteiger partial charge on any atom is -0.383 e. The van der Waals surface area contributed by atoms with Gasteiger partial charge in [0.05, 0.1) is 12.0 Å². The normalized spacial score (nSPS) is 25.9. The SMILES string of the molecule is CCCc1ccc(C(=O)N2CCC3(CC2)CN(CCOC)CC32CCNC2=O)cc1. The van der Waals surface area contributed by atoms with Crippen LogP contribution in [0.15, 0.2) is 24.3 Å². The van der Waals surface area contributed by atoms with Crippen molar-refractivity contribution in [3.8, 4) is 0 Å². The molecule has 3 heterocycles. The number of hydrogen-bond donors (Lipinski definition) is 1. The molecule has 0 radical (unpaired) electrons. The minimum atomic E-state index is -0.308. The van der Waals surface area contributed by atoms with Crippen molar-refractivity contribution in [2.75, 3.05) is 53.0 Å². The van der Waals surface area contributed by atoms with E-state index in [1.807, 2.05) is 17.0 Å². The van der Waals surface area contributed by atoms with Crippen molar-refractivity contribution in [1.82, 2.24) is 15.1 Å². The Bertz CT molecular complexity index is 770. The second-order valence-corrected chi connectivity index (χ2v) is 9.31. The highest BCUT2D eigenvalue weighted by Gasteiger charge is 2.63. The molecule has 1 aromatic rings. The van der Waals surface area contributed by atoms with Crippen LogP contribution in [0.5, 0.6) is 0 Å². The first-order valence-electron chi connectivity index (χ1n) is 11.4. The van der Waals surface area contributed by atoms with Crippen LogP contribution in [0.25, 0.3) is 0 Å². The van der Waals surface area contributed by atoms with Gasteiger partial charge in [0.2, 0.25) is 5.91 Å². The number of methoxy groups -OCH3 is 1. The lowest BCUT2D eigenvalue weighted by Crippen LogP contribution is -2.53. The fourth-order valence-corrected chi connectivity index (χ4v) is 5.95. The van der Waals surface area contributed by atoms with E-state index in [1.165, 1.54) is 5.56 Å². The highest BCUT2D eigenvalue weighted by Crippen LogP contribution is 2.56. The number of nitrogens with zero attached hydrogens (tertiary/aromatic N) is 2. The zero-order valence-corrected chi connectivity index (χ0v) is 18.4. The van der Waals surface area contributed by atoms with Crippen LogP contribution in [-0.4, -0.2) is 74.6 Å². The summed E-state index contributed by atoms with van der Waals surface area (Å²) in [5.74, 6) is 0.334. The van der Waals surface area contributed by atoms with E-state index in [1.54, 1.807) is 7.11 Å². The number of amides is 2. The van der Waals surface area contributed by atoms with Crippen LogP contribution in [-0.2, 0) is 16.0 Å². The molecule has 30 heavy (non-hydrogen) atoms. The molecule has 2 amide bonds. The zero-order valence-electron chi connectivity index (χ0n) is 18.4. The Balaban J connectivity index is 1.46. The molecule has 2 spiro atoms. The average Bonchev–Trinajstić information content (AvgIpc) is 3.28. The van der Waals surface area contributed by atoms with E-state index in [-0.39, 0.29) is 22.6 Å². The molecule has 0 bridgehead atoms. The summed E-state index contributed by atoms with van der Waals surface area (Å²) in [5, 5.41) is 3.10. The summed E-state index contributed by atoms with van der Waals surface area (Å²) in [5.41, 5.74) is 1.70. The molecule has 1 aromatic carbocycles. The van der Waals surface area contributed by atoms with Gasteiger partial charge in [-0.3, -0.25) is 14.5 Å². The fraction of sp³-hybridized carbons (Fsp3) is 0.667. The number of likely N-dealkylation sites (tertiary alicyclic amines) is 2. The minimum absolute atomic E-state index is 0.0386. The number of benzene rings is 1. The van der Waals surface area contributed by atoms with Crippen LogP contribution in [0.4, 0.5) is 0 Å². The monoisotopic (exact) mass is 413 g/mol. The number of rotatable bonds is 6. The molecule has 6 nitrogen and oxygen atoms in total. The molecule has 1 atom stereocenters. The van der Waals surface area contributed by atoms with Gasteiger partial charge in [-0.1, -0.05) is 25.5 Å². The average molecular weight is 414 g/mol. The lowest BCUT2D eigenvalue weighted by molar-refractivity contribution is -0.133. The molecule has 1 N–H and O–H groups in total. The Morgan fingerprint density at radius 2 is 1.87 bits per heavy atom. The van der Waals surface area contributed by atoms with Crippen molar-refractivity contribution in [2.24, 2.45) is 10.8 Å². The van der Waals surface area contributed by atoms with Gasteiger partial charge in [0.1, 0.15) is 0 Å². The molecule has 3 aliphatic rings. The topological polar surface area (TPSA) is 61.9 Å². The highest BCUT2D eigenvalue weighted by atomic mass is 16.5. The first kappa shape index (κ1) is 21.3. The van der Waals surface area contributed by atoms with E-state index in [2.05, 4.69) is 29.3 Å². The third-order valence-electron chi connectivity index (χ3n) is 7.67. The van der Waals surface area contributed by atoms with E-state index in [0.717, 1.165) is 76.9 Å². The molecule has 3 aliphatic heterocycles. The van der Waals surface area contributed by atoms with Gasteiger partial charge in [0.25, 0.3) is 5.91 Å². The number of aryl methyl sites for hydroxylation is 1. The molecule has 0 aromatic heterocycles. The van der Waals surface area contributed by atoms with E-state index < -0.39 is 0 Å². The van der Waals surface area contributed by atoms with Gasteiger partial charge in [-0.05, 0) is 43.4 Å². The lowest BCUT2D eigenvalue weighted by Gasteiger charge is -2.46. The summed E-state index contributed by atoms with van der Waals surface area (Å²) in [6.45, 7) is 7.68. The van der Waals surface area contributed by atoms with Crippen molar-refractivity contribution in [3.05, 3.63) is 35.4 Å². The lowest BCUT2D eigenvalue weighted by atomic mass is 9.60. The second kappa shape index (κ2) is 8.67. The van der Waals surface area contributed by atoms with Gasteiger partial charge in [-0.25, -0.2) is 0 Å². The summed E-state index contributed by atoms with van der Waals surface area (Å²) >= 11 is 0. The molecule has 4 rings (SSSR count). The van der Waals surface area contributed by atoms with Gasteiger partial charge >= 0.3 is 0 Å². The molecule has 0 saturated carbocycles. The van der Waals surface area contributed by atoms with Gasteiger partial charge in [0.15, 0.2) is 0 Å². The number of hydrogen-bond acceptors (Lipinski definition) is 4. The van der Waals surface area contributed by atoms with Crippen LogP contribution in [0.1, 0.15) is 48.5 Å². The summed E-state index contributed by atoms with van der Waals surface area (Å²) in [6, 6.07) is 8.08. The van der Waals surface area contributed by atoms with Gasteiger partial charge in [-0.15, -0.1) is 0 Å². The highest BCUT2D eigenvalue weighted by molar-refractivity contribution is 5.94. The van der Waals surface area contributed by atoms with E-state index in [0.29, 0.717) is 6.61 Å². The number of carbonyl (C=O) groups is 2. The van der Waals surface area contributed by atoms with Gasteiger partial charge < -0.3 is 15.0 Å². The van der Waals surface area contributed by atoms with Crippen molar-refractivity contribution in [3.63, 3.8) is 0 Å².